The first-order valence-corrected chi connectivity index (χ1v) is 13.5. The Morgan fingerprint density at radius 2 is 1.74 bits per heavy atom. The van der Waals surface area contributed by atoms with Gasteiger partial charge in [0.1, 0.15) is 17.4 Å². The smallest absolute Gasteiger partial charge is 0.415 e. The van der Waals surface area contributed by atoms with Gasteiger partial charge in [-0.25, -0.2) is 14.6 Å². The van der Waals surface area contributed by atoms with Crippen molar-refractivity contribution in [2.24, 2.45) is 0 Å². The second kappa shape index (κ2) is 13.3. The number of amides is 1. The van der Waals surface area contributed by atoms with Crippen molar-refractivity contribution in [1.82, 2.24) is 14.9 Å². The highest BCUT2D eigenvalue weighted by atomic mass is 16.6. The first-order valence-electron chi connectivity index (χ1n) is 13.5. The summed E-state index contributed by atoms with van der Waals surface area (Å²) < 4.78 is 11.3. The number of aromatic nitrogens is 2. The van der Waals surface area contributed by atoms with Crippen molar-refractivity contribution in [2.45, 2.75) is 72.4 Å². The summed E-state index contributed by atoms with van der Waals surface area (Å²) in [6, 6.07) is 6.52. The summed E-state index contributed by atoms with van der Waals surface area (Å²) in [5, 5.41) is 6.60. The van der Waals surface area contributed by atoms with Gasteiger partial charge < -0.3 is 29.9 Å². The van der Waals surface area contributed by atoms with Crippen molar-refractivity contribution in [1.29, 1.82) is 0 Å². The molecule has 0 unspecified atom stereocenters. The highest BCUT2D eigenvalue weighted by Gasteiger charge is 2.27. The highest BCUT2D eigenvalue weighted by molar-refractivity contribution is 5.81. The van der Waals surface area contributed by atoms with Crippen molar-refractivity contribution >= 4 is 29.5 Å². The Labute approximate surface area is 226 Å². The Balaban J connectivity index is 1.82. The Morgan fingerprint density at radius 3 is 2.32 bits per heavy atom. The molecule has 1 aromatic carbocycles. The molecule has 0 saturated carbocycles. The van der Waals surface area contributed by atoms with Crippen molar-refractivity contribution in [3.63, 3.8) is 0 Å². The Hall–Kier alpha value is -3.56. The molecule has 0 radical (unpaired) electrons. The van der Waals surface area contributed by atoms with E-state index < -0.39 is 11.6 Å². The van der Waals surface area contributed by atoms with Crippen LogP contribution in [0.15, 0.2) is 30.5 Å². The number of nitrogens with zero attached hydrogens (tertiary/aromatic N) is 4. The molecule has 0 aliphatic carbocycles. The zero-order valence-corrected chi connectivity index (χ0v) is 23.5. The monoisotopic (exact) mass is 526 g/mol. The van der Waals surface area contributed by atoms with Gasteiger partial charge in [-0.1, -0.05) is 12.1 Å². The van der Waals surface area contributed by atoms with Crippen molar-refractivity contribution in [3.05, 3.63) is 36.0 Å². The lowest BCUT2D eigenvalue weighted by atomic mass is 10.0. The normalized spacial score (nSPS) is 14.1. The summed E-state index contributed by atoms with van der Waals surface area (Å²) in [6.07, 6.45) is 3.77. The van der Waals surface area contributed by atoms with Crippen LogP contribution in [0.1, 0.15) is 59.9 Å². The van der Waals surface area contributed by atoms with Crippen LogP contribution in [0.25, 0.3) is 0 Å². The fourth-order valence-corrected chi connectivity index (χ4v) is 4.19. The van der Waals surface area contributed by atoms with Crippen LogP contribution in [-0.4, -0.2) is 71.3 Å². The maximum absolute atomic E-state index is 13.3. The van der Waals surface area contributed by atoms with Gasteiger partial charge in [0.15, 0.2) is 5.82 Å². The number of esters is 1. The number of benzene rings is 1. The molecule has 1 amide bonds. The standard InChI is InChI=1S/C28H42N6O4/c1-7-29-23-19-30-26(33(8-2)9-3)32-24(23)31-22(25(35)38-28(4,5)6)18-20-12-14-21(15-13-20)37-27(36)34-16-10-11-17-34/h12-15,19,22,29H,7-11,16-18H2,1-6H3,(H,30,31,32)/t22-/m0/s1. The number of nitrogens with one attached hydrogen (secondary N) is 2. The van der Waals surface area contributed by atoms with Gasteiger partial charge in [-0.2, -0.15) is 4.98 Å². The first kappa shape index (κ1) is 29.0. The maximum atomic E-state index is 13.3. The molecule has 1 aliphatic rings. The number of carbonyl (C=O) groups is 2. The number of likely N-dealkylation sites (tertiary alicyclic amines) is 1. The van der Waals surface area contributed by atoms with Gasteiger partial charge in [-0.3, -0.25) is 0 Å². The van der Waals surface area contributed by atoms with Gasteiger partial charge in [0.25, 0.3) is 0 Å². The van der Waals surface area contributed by atoms with Crippen LogP contribution in [0.3, 0.4) is 0 Å². The van der Waals surface area contributed by atoms with E-state index in [1.54, 1.807) is 23.2 Å². The van der Waals surface area contributed by atoms with Crippen LogP contribution in [0.5, 0.6) is 5.75 Å². The molecule has 2 N–H and O–H groups in total. The van der Waals surface area contributed by atoms with E-state index >= 15 is 0 Å². The lowest BCUT2D eigenvalue weighted by Gasteiger charge is -2.26. The molecule has 208 valence electrons. The minimum absolute atomic E-state index is 0.327. The van der Waals surface area contributed by atoms with Crippen molar-refractivity contribution < 1.29 is 19.1 Å². The van der Waals surface area contributed by atoms with E-state index in [-0.39, 0.29) is 12.1 Å². The molecular weight excluding hydrogens is 484 g/mol. The number of anilines is 3. The van der Waals surface area contributed by atoms with Gasteiger partial charge >= 0.3 is 12.1 Å². The molecule has 1 aromatic heterocycles. The molecule has 0 bridgehead atoms. The van der Waals surface area contributed by atoms with E-state index in [4.69, 9.17) is 14.5 Å². The van der Waals surface area contributed by atoms with Gasteiger partial charge in [-0.15, -0.1) is 0 Å². The van der Waals surface area contributed by atoms with Gasteiger partial charge in [-0.05, 0) is 72.1 Å². The number of rotatable bonds is 11. The number of hydrogen-bond donors (Lipinski definition) is 2. The van der Waals surface area contributed by atoms with Crippen molar-refractivity contribution in [2.75, 3.05) is 48.3 Å². The van der Waals surface area contributed by atoms with Gasteiger partial charge in [0.2, 0.25) is 5.95 Å². The molecule has 1 aliphatic heterocycles. The van der Waals surface area contributed by atoms with E-state index in [1.807, 2.05) is 58.6 Å². The average molecular weight is 527 g/mol. The second-order valence-electron chi connectivity index (χ2n) is 10.3. The fourth-order valence-electron chi connectivity index (χ4n) is 4.19. The van der Waals surface area contributed by atoms with E-state index in [0.717, 1.165) is 44.6 Å². The topological polar surface area (TPSA) is 109 Å². The summed E-state index contributed by atoms with van der Waals surface area (Å²) in [4.78, 5) is 38.6. The fraction of sp³-hybridized carbons (Fsp3) is 0.571. The summed E-state index contributed by atoms with van der Waals surface area (Å²) in [5.74, 6) is 1.22. The zero-order chi connectivity index (χ0) is 27.7. The van der Waals surface area contributed by atoms with Crippen LogP contribution < -0.4 is 20.3 Å². The van der Waals surface area contributed by atoms with E-state index in [0.29, 0.717) is 36.2 Å². The molecule has 38 heavy (non-hydrogen) atoms. The van der Waals surface area contributed by atoms with Crippen molar-refractivity contribution in [3.8, 4) is 5.75 Å². The molecule has 3 rings (SSSR count). The van der Waals surface area contributed by atoms with Gasteiger partial charge in [0.05, 0.1) is 11.9 Å². The zero-order valence-electron chi connectivity index (χ0n) is 23.5. The van der Waals surface area contributed by atoms with Crippen LogP contribution in [0.2, 0.25) is 0 Å². The summed E-state index contributed by atoms with van der Waals surface area (Å²) in [5.41, 5.74) is 0.950. The molecule has 2 aromatic rings. The third kappa shape index (κ3) is 8.22. The lowest BCUT2D eigenvalue weighted by Crippen LogP contribution is -2.38. The Bertz CT molecular complexity index is 1060. The largest absolute Gasteiger partial charge is 0.458 e. The van der Waals surface area contributed by atoms with E-state index in [1.165, 1.54) is 0 Å². The quantitative estimate of drug-likeness (QED) is 0.402. The predicted octanol–water partition coefficient (Wildman–Crippen LogP) is 4.71. The predicted molar refractivity (Wildman–Crippen MR) is 150 cm³/mol. The second-order valence-corrected chi connectivity index (χ2v) is 10.3. The first-order chi connectivity index (χ1) is 18.1. The average Bonchev–Trinajstić information content (AvgIpc) is 3.41. The molecule has 2 heterocycles. The lowest BCUT2D eigenvalue weighted by molar-refractivity contribution is -0.155. The summed E-state index contributed by atoms with van der Waals surface area (Å²) in [7, 11) is 0. The summed E-state index contributed by atoms with van der Waals surface area (Å²) in [6.45, 7) is 15.3. The molecular formula is C28H42N6O4. The van der Waals surface area contributed by atoms with E-state index in [2.05, 4.69) is 15.6 Å². The Kier molecular flexibility index (Phi) is 10.2. The number of hydrogen-bond acceptors (Lipinski definition) is 9. The highest BCUT2D eigenvalue weighted by Crippen LogP contribution is 2.25. The number of carbonyl (C=O) groups excluding carboxylic acids is 2. The maximum Gasteiger partial charge on any atom is 0.415 e. The van der Waals surface area contributed by atoms with Crippen LogP contribution in [0.4, 0.5) is 22.2 Å². The van der Waals surface area contributed by atoms with Crippen LogP contribution >= 0.6 is 0 Å². The van der Waals surface area contributed by atoms with Crippen LogP contribution in [0, 0.1) is 0 Å². The Morgan fingerprint density at radius 1 is 1.08 bits per heavy atom. The minimum atomic E-state index is -0.705. The molecule has 10 nitrogen and oxygen atoms in total. The molecule has 1 fully saturated rings. The molecule has 0 spiro atoms. The van der Waals surface area contributed by atoms with Gasteiger partial charge in [0, 0.05) is 39.1 Å². The SMILES string of the molecule is CCNc1cnc(N(CC)CC)nc1N[C@@H](Cc1ccc(OC(=O)N2CCCC2)cc1)C(=O)OC(C)(C)C. The molecule has 1 saturated heterocycles. The molecule has 10 heteroatoms. The third-order valence-corrected chi connectivity index (χ3v) is 6.12. The molecule has 1 atom stereocenters. The van der Waals surface area contributed by atoms with E-state index in [9.17, 15) is 9.59 Å². The summed E-state index contributed by atoms with van der Waals surface area (Å²) >= 11 is 0. The van der Waals surface area contributed by atoms with Crippen LogP contribution in [-0.2, 0) is 16.0 Å². The third-order valence-electron chi connectivity index (χ3n) is 6.12. The minimum Gasteiger partial charge on any atom is -0.458 e. The number of ether oxygens (including phenoxy) is 2.